The molecule has 3 nitrogen and oxygen atoms in total. The van der Waals surface area contributed by atoms with Gasteiger partial charge >= 0.3 is 0 Å². The molecular weight excluding hydrogens is 392 g/mol. The van der Waals surface area contributed by atoms with Crippen LogP contribution in [0.2, 0.25) is 0 Å². The Balaban J connectivity index is 1.67. The number of unbranched alkanes of at least 4 members (excludes halogenated alkanes) is 2. The predicted octanol–water partition coefficient (Wildman–Crippen LogP) is 6.02. The van der Waals surface area contributed by atoms with E-state index >= 15 is 0 Å². The normalized spacial score (nSPS) is 15.2. The third kappa shape index (κ3) is 4.01. The molecule has 0 bridgehead atoms. The van der Waals surface area contributed by atoms with Crippen LogP contribution < -0.4 is 4.74 Å². The molecule has 0 spiro atoms. The van der Waals surface area contributed by atoms with Gasteiger partial charge in [0.15, 0.2) is 0 Å². The molecule has 0 saturated heterocycles. The first-order valence-electron chi connectivity index (χ1n) is 10.3. The number of allylic oxidation sites excluding steroid dienone is 1. The summed E-state index contributed by atoms with van der Waals surface area (Å²) < 4.78 is 19.0. The molecule has 0 aromatic heterocycles. The molecule has 0 radical (unpaired) electrons. The van der Waals surface area contributed by atoms with Crippen LogP contribution in [-0.2, 0) is 10.8 Å². The quantitative estimate of drug-likeness (QED) is 0.333. The number of benzene rings is 3. The number of carbonyl (C=O) groups is 1. The van der Waals surface area contributed by atoms with Crippen molar-refractivity contribution >= 4 is 22.2 Å². The van der Waals surface area contributed by atoms with Gasteiger partial charge in [0.25, 0.3) is 0 Å². The van der Waals surface area contributed by atoms with E-state index in [0.29, 0.717) is 22.0 Å². The number of hydrogen-bond donors (Lipinski definition) is 0. The van der Waals surface area contributed by atoms with Crippen molar-refractivity contribution in [1.82, 2.24) is 0 Å². The van der Waals surface area contributed by atoms with Crippen molar-refractivity contribution in [3.8, 4) is 5.75 Å². The molecule has 0 amide bonds. The van der Waals surface area contributed by atoms with Gasteiger partial charge in [-0.25, -0.2) is 4.21 Å². The molecule has 4 rings (SSSR count). The summed E-state index contributed by atoms with van der Waals surface area (Å²) in [7, 11) is -1.51. The number of carbonyl (C=O) groups excluding carboxylic acids is 1. The second-order valence-corrected chi connectivity index (χ2v) is 8.63. The lowest BCUT2D eigenvalue weighted by atomic mass is 9.95. The highest BCUT2D eigenvalue weighted by molar-refractivity contribution is 7.90. The van der Waals surface area contributed by atoms with Gasteiger partial charge in [-0.1, -0.05) is 68.3 Å². The Bertz CT molecular complexity index is 1100. The number of Topliss-reactive ketones (excluding diaryl/α,β-unsaturated/α-hetero) is 1. The largest absolute Gasteiger partial charge is 0.494 e. The minimum absolute atomic E-state index is 0.207. The Hall–Kier alpha value is -2.98. The van der Waals surface area contributed by atoms with Gasteiger partial charge in [0, 0.05) is 16.7 Å². The lowest BCUT2D eigenvalue weighted by Crippen LogP contribution is -2.08. The van der Waals surface area contributed by atoms with Crippen LogP contribution in [0.25, 0.3) is 5.57 Å². The molecule has 3 aromatic rings. The van der Waals surface area contributed by atoms with Crippen LogP contribution >= 0.6 is 0 Å². The molecule has 1 aliphatic rings. The lowest BCUT2D eigenvalue weighted by molar-refractivity contribution is 0.104. The smallest absolute Gasteiger partial charge is 0.202 e. The molecule has 1 atom stereocenters. The summed E-state index contributed by atoms with van der Waals surface area (Å²) in [5.74, 6) is 0.539. The number of rotatable bonds is 8. The fourth-order valence-corrected chi connectivity index (χ4v) is 5.12. The van der Waals surface area contributed by atoms with Crippen LogP contribution in [0.1, 0.15) is 47.7 Å². The van der Waals surface area contributed by atoms with Crippen molar-refractivity contribution in [2.45, 2.75) is 31.1 Å². The zero-order chi connectivity index (χ0) is 20.9. The van der Waals surface area contributed by atoms with E-state index in [0.717, 1.165) is 41.7 Å². The monoisotopic (exact) mass is 416 g/mol. The second kappa shape index (κ2) is 9.23. The summed E-state index contributed by atoms with van der Waals surface area (Å²) in [6.07, 6.45) is 3.30. The molecule has 152 valence electrons. The molecule has 0 fully saturated rings. The summed E-state index contributed by atoms with van der Waals surface area (Å²) in [5, 5.41) is 0. The average Bonchev–Trinajstić information content (AvgIpc) is 3.10. The third-order valence-electron chi connectivity index (χ3n) is 5.17. The maximum Gasteiger partial charge on any atom is 0.202 e. The van der Waals surface area contributed by atoms with Gasteiger partial charge in [-0.15, -0.1) is 0 Å². The van der Waals surface area contributed by atoms with Gasteiger partial charge in [0.1, 0.15) is 10.7 Å². The summed E-state index contributed by atoms with van der Waals surface area (Å²) >= 11 is 0. The van der Waals surface area contributed by atoms with Crippen molar-refractivity contribution in [2.75, 3.05) is 6.61 Å². The molecule has 1 heterocycles. The number of hydrogen-bond acceptors (Lipinski definition) is 3. The van der Waals surface area contributed by atoms with Gasteiger partial charge in [-0.2, -0.15) is 0 Å². The van der Waals surface area contributed by atoms with Crippen molar-refractivity contribution in [3.05, 3.63) is 100 Å². The topological polar surface area (TPSA) is 43.4 Å². The lowest BCUT2D eigenvalue weighted by Gasteiger charge is -2.09. The van der Waals surface area contributed by atoms with E-state index in [2.05, 4.69) is 6.92 Å². The first-order valence-corrected chi connectivity index (χ1v) is 11.4. The SMILES string of the molecule is CCCCCOc1ccc(C(=O)C2=C(c3ccccc3)c3ccccc3S2=O)cc1. The van der Waals surface area contributed by atoms with Crippen LogP contribution in [0.5, 0.6) is 5.75 Å². The van der Waals surface area contributed by atoms with Gasteiger partial charge in [0.2, 0.25) is 5.78 Å². The van der Waals surface area contributed by atoms with Crippen molar-refractivity contribution in [2.24, 2.45) is 0 Å². The third-order valence-corrected chi connectivity index (χ3v) is 6.69. The summed E-state index contributed by atoms with van der Waals surface area (Å²) in [6, 6.07) is 24.4. The molecule has 0 saturated carbocycles. The minimum atomic E-state index is -1.51. The minimum Gasteiger partial charge on any atom is -0.494 e. The first kappa shape index (κ1) is 20.3. The van der Waals surface area contributed by atoms with Crippen molar-refractivity contribution in [3.63, 3.8) is 0 Å². The zero-order valence-electron chi connectivity index (χ0n) is 17.0. The van der Waals surface area contributed by atoms with Crippen LogP contribution in [0.4, 0.5) is 0 Å². The van der Waals surface area contributed by atoms with E-state index in [-0.39, 0.29) is 5.78 Å². The van der Waals surface area contributed by atoms with Crippen LogP contribution in [0, 0.1) is 0 Å². The Morgan fingerprint density at radius 3 is 2.30 bits per heavy atom. The molecule has 30 heavy (non-hydrogen) atoms. The van der Waals surface area contributed by atoms with Gasteiger partial charge in [-0.05, 0) is 42.3 Å². The van der Waals surface area contributed by atoms with E-state index in [1.165, 1.54) is 0 Å². The number of fused-ring (bicyclic) bond motifs is 1. The van der Waals surface area contributed by atoms with Gasteiger partial charge in [0.05, 0.1) is 22.3 Å². The Kier molecular flexibility index (Phi) is 6.24. The Morgan fingerprint density at radius 1 is 0.867 bits per heavy atom. The average molecular weight is 417 g/mol. The number of ether oxygens (including phenoxy) is 1. The molecule has 3 aromatic carbocycles. The summed E-state index contributed by atoms with van der Waals surface area (Å²) in [6.45, 7) is 2.83. The highest BCUT2D eigenvalue weighted by Crippen LogP contribution is 2.41. The standard InChI is InChI=1S/C26H24O3S/c1-2-3-9-18-29-21-16-14-20(15-17-21)25(27)26-24(19-10-5-4-6-11-19)22-12-7-8-13-23(22)30(26)28/h4-8,10-17H,2-3,9,18H2,1H3. The zero-order valence-corrected chi connectivity index (χ0v) is 17.8. The number of ketones is 1. The van der Waals surface area contributed by atoms with Gasteiger partial charge in [-0.3, -0.25) is 4.79 Å². The van der Waals surface area contributed by atoms with E-state index in [9.17, 15) is 9.00 Å². The van der Waals surface area contributed by atoms with Gasteiger partial charge < -0.3 is 4.74 Å². The first-order chi connectivity index (χ1) is 14.7. The van der Waals surface area contributed by atoms with Crippen LogP contribution in [0.3, 0.4) is 0 Å². The van der Waals surface area contributed by atoms with Crippen molar-refractivity contribution in [1.29, 1.82) is 0 Å². The predicted molar refractivity (Wildman–Crippen MR) is 121 cm³/mol. The molecule has 0 N–H and O–H groups in total. The fraction of sp³-hybridized carbons (Fsp3) is 0.192. The van der Waals surface area contributed by atoms with E-state index in [1.54, 1.807) is 12.1 Å². The maximum absolute atomic E-state index is 13.4. The summed E-state index contributed by atoms with van der Waals surface area (Å²) in [4.78, 5) is 14.5. The van der Waals surface area contributed by atoms with Crippen LogP contribution in [-0.4, -0.2) is 16.6 Å². The fourth-order valence-electron chi connectivity index (χ4n) is 3.62. The highest BCUT2D eigenvalue weighted by Gasteiger charge is 2.33. The molecule has 0 aliphatic carbocycles. The molecule has 1 unspecified atom stereocenters. The highest BCUT2D eigenvalue weighted by atomic mass is 32.2. The second-order valence-electron chi connectivity index (χ2n) is 7.24. The van der Waals surface area contributed by atoms with E-state index < -0.39 is 10.8 Å². The Morgan fingerprint density at radius 2 is 1.57 bits per heavy atom. The molecular formula is C26H24O3S. The van der Waals surface area contributed by atoms with Crippen LogP contribution in [0.15, 0.2) is 88.7 Å². The van der Waals surface area contributed by atoms with E-state index in [1.807, 2.05) is 66.7 Å². The molecule has 1 aliphatic heterocycles. The summed E-state index contributed by atoms with van der Waals surface area (Å²) in [5.41, 5.74) is 3.03. The molecule has 4 heteroatoms. The maximum atomic E-state index is 13.4. The van der Waals surface area contributed by atoms with Crippen molar-refractivity contribution < 1.29 is 13.7 Å². The van der Waals surface area contributed by atoms with E-state index in [4.69, 9.17) is 4.74 Å². The Labute approximate surface area is 179 Å².